The smallest absolute Gasteiger partial charge is 0.323 e. The van der Waals surface area contributed by atoms with E-state index in [4.69, 9.17) is 16.7 Å². The number of aliphatic carboxylic acids is 1. The van der Waals surface area contributed by atoms with Gasteiger partial charge in [0, 0.05) is 28.8 Å². The first kappa shape index (κ1) is 15.2. The van der Waals surface area contributed by atoms with E-state index in [9.17, 15) is 9.59 Å². The Kier molecular flexibility index (Phi) is 5.28. The molecular formula is C13H15ClN2O3S. The highest BCUT2D eigenvalue weighted by Crippen LogP contribution is 2.20. The molecule has 1 aliphatic heterocycles. The van der Waals surface area contributed by atoms with Crippen LogP contribution in [0.15, 0.2) is 24.3 Å². The van der Waals surface area contributed by atoms with Crippen molar-refractivity contribution in [2.45, 2.75) is 6.04 Å². The SMILES string of the molecule is O=C(O)CN(C(=O)C1CSCCN1)c1ccc(Cl)cc1. The fourth-order valence-electron chi connectivity index (χ4n) is 1.96. The number of amides is 1. The van der Waals surface area contributed by atoms with Crippen molar-refractivity contribution < 1.29 is 14.7 Å². The van der Waals surface area contributed by atoms with Gasteiger partial charge in [0.1, 0.15) is 6.54 Å². The molecule has 5 nitrogen and oxygen atoms in total. The van der Waals surface area contributed by atoms with Crippen LogP contribution in [0.2, 0.25) is 5.02 Å². The number of anilines is 1. The molecule has 2 rings (SSSR count). The summed E-state index contributed by atoms with van der Waals surface area (Å²) in [7, 11) is 0. The summed E-state index contributed by atoms with van der Waals surface area (Å²) in [4.78, 5) is 24.7. The van der Waals surface area contributed by atoms with E-state index < -0.39 is 5.97 Å². The van der Waals surface area contributed by atoms with Gasteiger partial charge in [-0.25, -0.2) is 0 Å². The number of carbonyl (C=O) groups excluding carboxylic acids is 1. The van der Waals surface area contributed by atoms with Crippen molar-refractivity contribution in [3.63, 3.8) is 0 Å². The zero-order chi connectivity index (χ0) is 14.5. The van der Waals surface area contributed by atoms with E-state index in [1.807, 2.05) is 0 Å². The Bertz CT molecular complexity index is 489. The maximum absolute atomic E-state index is 12.5. The molecule has 0 radical (unpaired) electrons. The van der Waals surface area contributed by atoms with Gasteiger partial charge in [-0.1, -0.05) is 11.6 Å². The topological polar surface area (TPSA) is 69.6 Å². The first-order valence-corrected chi connectivity index (χ1v) is 7.71. The summed E-state index contributed by atoms with van der Waals surface area (Å²) in [6.07, 6.45) is 0. The second-order valence-corrected chi connectivity index (χ2v) is 5.96. The van der Waals surface area contributed by atoms with Gasteiger partial charge < -0.3 is 10.4 Å². The van der Waals surface area contributed by atoms with Crippen LogP contribution in [0.25, 0.3) is 0 Å². The summed E-state index contributed by atoms with van der Waals surface area (Å²) < 4.78 is 0. The third-order valence-corrected chi connectivity index (χ3v) is 4.23. The molecule has 1 heterocycles. The van der Waals surface area contributed by atoms with Crippen LogP contribution in [0.4, 0.5) is 5.69 Å². The Labute approximate surface area is 126 Å². The molecule has 2 N–H and O–H groups in total. The maximum atomic E-state index is 12.5. The minimum absolute atomic E-state index is 0.220. The average Bonchev–Trinajstić information content (AvgIpc) is 2.46. The van der Waals surface area contributed by atoms with Gasteiger partial charge in [0.15, 0.2) is 0 Å². The molecule has 1 atom stereocenters. The number of carboxylic acid groups (broad SMARTS) is 1. The number of hydrogen-bond acceptors (Lipinski definition) is 4. The number of carbonyl (C=O) groups is 2. The molecule has 1 fully saturated rings. The highest BCUT2D eigenvalue weighted by atomic mass is 35.5. The van der Waals surface area contributed by atoms with Gasteiger partial charge in [0.05, 0.1) is 6.04 Å². The van der Waals surface area contributed by atoms with Crippen LogP contribution < -0.4 is 10.2 Å². The first-order valence-electron chi connectivity index (χ1n) is 6.18. The molecule has 0 aliphatic carbocycles. The van der Waals surface area contributed by atoms with Crippen LogP contribution >= 0.6 is 23.4 Å². The standard InChI is InChI=1S/C13H15ClN2O3S/c14-9-1-3-10(4-2-9)16(7-12(17)18)13(19)11-8-20-6-5-15-11/h1-4,11,15H,5-8H2,(H,17,18). The third kappa shape index (κ3) is 3.88. The predicted octanol–water partition coefficient (Wildman–Crippen LogP) is 1.46. The molecule has 1 saturated heterocycles. The Balaban J connectivity index is 2.19. The molecule has 1 unspecified atom stereocenters. The lowest BCUT2D eigenvalue weighted by molar-refractivity contribution is -0.136. The molecule has 0 bridgehead atoms. The lowest BCUT2D eigenvalue weighted by Crippen LogP contribution is -2.52. The first-order chi connectivity index (χ1) is 9.58. The quantitative estimate of drug-likeness (QED) is 0.880. The van der Waals surface area contributed by atoms with Gasteiger partial charge in [-0.2, -0.15) is 11.8 Å². The number of carboxylic acids is 1. The second-order valence-electron chi connectivity index (χ2n) is 4.38. The minimum Gasteiger partial charge on any atom is -0.480 e. The van der Waals surface area contributed by atoms with Crippen LogP contribution in [-0.4, -0.2) is 47.6 Å². The van der Waals surface area contributed by atoms with Gasteiger partial charge in [-0.3, -0.25) is 14.5 Å². The molecular weight excluding hydrogens is 300 g/mol. The zero-order valence-electron chi connectivity index (χ0n) is 10.7. The molecule has 1 aromatic carbocycles. The average molecular weight is 315 g/mol. The number of rotatable bonds is 4. The van der Waals surface area contributed by atoms with E-state index in [0.29, 0.717) is 16.5 Å². The van der Waals surface area contributed by atoms with Crippen LogP contribution in [0, 0.1) is 0 Å². The number of nitrogens with one attached hydrogen (secondary N) is 1. The van der Waals surface area contributed by atoms with Gasteiger partial charge in [-0.15, -0.1) is 0 Å². The molecule has 1 aromatic rings. The van der Waals surface area contributed by atoms with Crippen molar-refractivity contribution in [1.29, 1.82) is 0 Å². The van der Waals surface area contributed by atoms with Gasteiger partial charge in [0.2, 0.25) is 5.91 Å². The summed E-state index contributed by atoms with van der Waals surface area (Å²) in [6.45, 7) is 0.395. The van der Waals surface area contributed by atoms with Crippen molar-refractivity contribution in [2.24, 2.45) is 0 Å². The van der Waals surface area contributed by atoms with Crippen molar-refractivity contribution in [2.75, 3.05) is 29.5 Å². The zero-order valence-corrected chi connectivity index (χ0v) is 12.3. The Morgan fingerprint density at radius 2 is 2.10 bits per heavy atom. The molecule has 0 spiro atoms. The molecule has 0 saturated carbocycles. The van der Waals surface area contributed by atoms with Crippen molar-refractivity contribution >= 4 is 40.9 Å². The monoisotopic (exact) mass is 314 g/mol. The van der Waals surface area contributed by atoms with Crippen LogP contribution in [0.5, 0.6) is 0 Å². The largest absolute Gasteiger partial charge is 0.480 e. The molecule has 0 aromatic heterocycles. The van der Waals surface area contributed by atoms with E-state index in [2.05, 4.69) is 5.32 Å². The van der Waals surface area contributed by atoms with E-state index in [1.165, 1.54) is 4.90 Å². The van der Waals surface area contributed by atoms with Crippen molar-refractivity contribution in [3.8, 4) is 0 Å². The Hall–Kier alpha value is -1.24. The second kappa shape index (κ2) is 6.97. The number of halogens is 1. The molecule has 7 heteroatoms. The van der Waals surface area contributed by atoms with Gasteiger partial charge >= 0.3 is 5.97 Å². The Morgan fingerprint density at radius 1 is 1.40 bits per heavy atom. The minimum atomic E-state index is -1.04. The maximum Gasteiger partial charge on any atom is 0.323 e. The summed E-state index contributed by atoms with van der Waals surface area (Å²) in [5.74, 6) is 0.352. The molecule has 1 amide bonds. The van der Waals surface area contributed by atoms with Gasteiger partial charge in [-0.05, 0) is 24.3 Å². The summed E-state index contributed by atoms with van der Waals surface area (Å²) >= 11 is 7.50. The number of thioether (sulfide) groups is 1. The van der Waals surface area contributed by atoms with E-state index in [-0.39, 0.29) is 18.5 Å². The fourth-order valence-corrected chi connectivity index (χ4v) is 3.02. The normalized spacial score (nSPS) is 18.6. The Morgan fingerprint density at radius 3 is 2.65 bits per heavy atom. The number of nitrogens with zero attached hydrogens (tertiary/aromatic N) is 1. The predicted molar refractivity (Wildman–Crippen MR) is 80.6 cm³/mol. The van der Waals surface area contributed by atoms with Gasteiger partial charge in [0.25, 0.3) is 0 Å². The lowest BCUT2D eigenvalue weighted by Gasteiger charge is -2.29. The molecule has 20 heavy (non-hydrogen) atoms. The van der Waals surface area contributed by atoms with Crippen LogP contribution in [0.1, 0.15) is 0 Å². The number of hydrogen-bond donors (Lipinski definition) is 2. The molecule has 1 aliphatic rings. The van der Waals surface area contributed by atoms with Crippen molar-refractivity contribution in [3.05, 3.63) is 29.3 Å². The highest BCUT2D eigenvalue weighted by molar-refractivity contribution is 7.99. The highest BCUT2D eigenvalue weighted by Gasteiger charge is 2.28. The third-order valence-electron chi connectivity index (χ3n) is 2.92. The lowest BCUT2D eigenvalue weighted by atomic mass is 10.2. The summed E-state index contributed by atoms with van der Waals surface area (Å²) in [5, 5.41) is 12.7. The molecule has 108 valence electrons. The van der Waals surface area contributed by atoms with E-state index in [1.54, 1.807) is 36.0 Å². The van der Waals surface area contributed by atoms with Crippen LogP contribution in [0.3, 0.4) is 0 Å². The fraction of sp³-hybridized carbons (Fsp3) is 0.385. The van der Waals surface area contributed by atoms with E-state index >= 15 is 0 Å². The van der Waals surface area contributed by atoms with Crippen LogP contribution in [-0.2, 0) is 9.59 Å². The number of benzene rings is 1. The summed E-state index contributed by atoms with van der Waals surface area (Å²) in [6, 6.07) is 6.24. The van der Waals surface area contributed by atoms with Crippen molar-refractivity contribution in [1.82, 2.24) is 5.32 Å². The van der Waals surface area contributed by atoms with E-state index in [0.717, 1.165) is 12.3 Å². The summed E-state index contributed by atoms with van der Waals surface area (Å²) in [5.41, 5.74) is 0.541.